The van der Waals surface area contributed by atoms with E-state index in [0.29, 0.717) is 6.61 Å². The number of esters is 1. The molecule has 0 atom stereocenters. The van der Waals surface area contributed by atoms with E-state index in [9.17, 15) is 4.79 Å². The van der Waals surface area contributed by atoms with Crippen LogP contribution >= 0.6 is 0 Å². The average Bonchev–Trinajstić information content (AvgIpc) is 2.68. The molecule has 0 saturated carbocycles. The van der Waals surface area contributed by atoms with Gasteiger partial charge < -0.3 is 33.2 Å². The number of carbonyl (C=O) groups excluding carboxylic acids is 1. The quantitative estimate of drug-likeness (QED) is 0.315. The Labute approximate surface area is 175 Å². The summed E-state index contributed by atoms with van der Waals surface area (Å²) in [6, 6.07) is 19.7. The van der Waals surface area contributed by atoms with Crippen molar-refractivity contribution in [3.8, 4) is 0 Å². The fourth-order valence-electron chi connectivity index (χ4n) is 3.32. The van der Waals surface area contributed by atoms with Crippen LogP contribution in [0.25, 0.3) is 0 Å². The zero-order chi connectivity index (χ0) is 18.1. The maximum atomic E-state index is 12.9. The number of hydrogen-bond donors (Lipinski definition) is 0. The summed E-state index contributed by atoms with van der Waals surface area (Å²) in [6.07, 6.45) is 0. The first-order valence-corrected chi connectivity index (χ1v) is 9.27. The van der Waals surface area contributed by atoms with E-state index in [1.165, 1.54) is 0 Å². The molecule has 0 unspecified atom stereocenters. The summed E-state index contributed by atoms with van der Waals surface area (Å²) >= 11 is 0. The van der Waals surface area contributed by atoms with Crippen molar-refractivity contribution in [2.75, 3.05) is 32.8 Å². The number of likely N-dealkylation sites (N-methyl/N-ethyl adjacent to an activating group) is 1. The molecule has 0 heterocycles. The van der Waals surface area contributed by atoms with Gasteiger partial charge in [-0.1, -0.05) is 60.7 Å². The molecule has 0 fully saturated rings. The van der Waals surface area contributed by atoms with E-state index in [2.05, 4.69) is 20.8 Å². The maximum Gasteiger partial charge on any atom is 0.318 e. The van der Waals surface area contributed by atoms with Crippen LogP contribution in [0.4, 0.5) is 0 Å². The van der Waals surface area contributed by atoms with Gasteiger partial charge in [0.2, 0.25) is 0 Å². The van der Waals surface area contributed by atoms with Crippen molar-refractivity contribution in [1.29, 1.82) is 0 Å². The maximum absolute atomic E-state index is 12.9. The summed E-state index contributed by atoms with van der Waals surface area (Å²) in [7, 11) is 0. The Kier molecular flexibility index (Phi) is 9.88. The highest BCUT2D eigenvalue weighted by Gasteiger charge is 2.26. The normalized spacial score (nSPS) is 11.1. The lowest BCUT2D eigenvalue weighted by atomic mass is 9.91. The van der Waals surface area contributed by atoms with E-state index in [0.717, 1.165) is 41.8 Å². The van der Waals surface area contributed by atoms with Crippen LogP contribution in [0.15, 0.2) is 60.7 Å². The molecule has 0 spiro atoms. The number of ether oxygens (including phenoxy) is 1. The lowest BCUT2D eigenvalue weighted by Gasteiger charge is -2.35. The summed E-state index contributed by atoms with van der Waals surface area (Å²) < 4.78 is 6.70. The average molecular weight is 467 g/mol. The second-order valence-corrected chi connectivity index (χ2v) is 6.44. The van der Waals surface area contributed by atoms with E-state index < -0.39 is 0 Å². The standard InChI is InChI=1S/C22H30NO2.HI/c1-4-23(5-2,6-3)17-18-25-22(24)21(19-13-9-7-10-14-19)20-15-11-8-12-16-20;/h7-16,21H,4-6,17-18H2,1-3H3;1H/q+1;/p-1. The van der Waals surface area contributed by atoms with E-state index >= 15 is 0 Å². The lowest BCUT2D eigenvalue weighted by Crippen LogP contribution is -3.00. The van der Waals surface area contributed by atoms with E-state index in [1.54, 1.807) is 0 Å². The molecule has 0 aliphatic rings. The van der Waals surface area contributed by atoms with Crippen LogP contribution in [0, 0.1) is 0 Å². The summed E-state index contributed by atoms with van der Waals surface area (Å²) in [4.78, 5) is 12.9. The Morgan fingerprint density at radius 3 is 1.65 bits per heavy atom. The molecule has 26 heavy (non-hydrogen) atoms. The molecule has 0 amide bonds. The Morgan fingerprint density at radius 1 is 0.846 bits per heavy atom. The van der Waals surface area contributed by atoms with Gasteiger partial charge in [0.15, 0.2) is 0 Å². The van der Waals surface area contributed by atoms with Gasteiger partial charge in [0.1, 0.15) is 19.1 Å². The van der Waals surface area contributed by atoms with Crippen LogP contribution < -0.4 is 24.0 Å². The molecule has 0 bridgehead atoms. The monoisotopic (exact) mass is 467 g/mol. The molecule has 0 N–H and O–H groups in total. The molecule has 0 aliphatic heterocycles. The highest BCUT2D eigenvalue weighted by atomic mass is 127. The van der Waals surface area contributed by atoms with Gasteiger partial charge in [-0.2, -0.15) is 0 Å². The number of hydrogen-bond acceptors (Lipinski definition) is 2. The number of quaternary nitrogens is 1. The van der Waals surface area contributed by atoms with E-state index in [1.807, 2.05) is 60.7 Å². The summed E-state index contributed by atoms with van der Waals surface area (Å²) in [5, 5.41) is 0. The van der Waals surface area contributed by atoms with Gasteiger partial charge in [0.05, 0.1) is 19.6 Å². The molecule has 0 aliphatic carbocycles. The van der Waals surface area contributed by atoms with Crippen LogP contribution in [0.2, 0.25) is 0 Å². The lowest BCUT2D eigenvalue weighted by molar-refractivity contribution is -0.923. The van der Waals surface area contributed by atoms with Crippen molar-refractivity contribution in [2.45, 2.75) is 26.7 Å². The Hall–Kier alpha value is -1.40. The van der Waals surface area contributed by atoms with Crippen LogP contribution in [-0.4, -0.2) is 43.2 Å². The molecule has 142 valence electrons. The minimum Gasteiger partial charge on any atom is -1.00 e. The molecular formula is C22H30INO2. The second kappa shape index (κ2) is 11.3. The first-order valence-electron chi connectivity index (χ1n) is 9.27. The molecule has 0 radical (unpaired) electrons. The third-order valence-electron chi connectivity index (χ3n) is 5.32. The van der Waals surface area contributed by atoms with Crippen LogP contribution in [-0.2, 0) is 9.53 Å². The Bertz CT molecular complexity index is 594. The molecule has 2 aromatic rings. The Morgan fingerprint density at radius 2 is 1.27 bits per heavy atom. The van der Waals surface area contributed by atoms with Gasteiger partial charge in [-0.25, -0.2) is 0 Å². The number of nitrogens with zero attached hydrogens (tertiary/aromatic N) is 1. The number of rotatable bonds is 9. The van der Waals surface area contributed by atoms with Crippen LogP contribution in [0.3, 0.4) is 0 Å². The van der Waals surface area contributed by atoms with Gasteiger partial charge >= 0.3 is 5.97 Å². The van der Waals surface area contributed by atoms with Crippen molar-refractivity contribution in [1.82, 2.24) is 0 Å². The van der Waals surface area contributed by atoms with Gasteiger partial charge in [-0.05, 0) is 31.9 Å². The highest BCUT2D eigenvalue weighted by Crippen LogP contribution is 2.26. The van der Waals surface area contributed by atoms with Crippen LogP contribution in [0.5, 0.6) is 0 Å². The summed E-state index contributed by atoms with van der Waals surface area (Å²) in [5.74, 6) is -0.534. The number of halogens is 1. The molecule has 4 heteroatoms. The summed E-state index contributed by atoms with van der Waals surface area (Å²) in [5.41, 5.74) is 1.95. The van der Waals surface area contributed by atoms with Gasteiger partial charge in [-0.3, -0.25) is 4.79 Å². The van der Waals surface area contributed by atoms with E-state index in [4.69, 9.17) is 4.74 Å². The molecule has 2 rings (SSSR count). The minimum absolute atomic E-state index is 0. The predicted molar refractivity (Wildman–Crippen MR) is 102 cm³/mol. The molecule has 2 aromatic carbocycles. The fraction of sp³-hybridized carbons (Fsp3) is 0.409. The van der Waals surface area contributed by atoms with Gasteiger partial charge in [-0.15, -0.1) is 0 Å². The van der Waals surface area contributed by atoms with Gasteiger partial charge in [0, 0.05) is 0 Å². The molecule has 0 saturated heterocycles. The smallest absolute Gasteiger partial charge is 0.318 e. The second-order valence-electron chi connectivity index (χ2n) is 6.44. The number of benzene rings is 2. The highest BCUT2D eigenvalue weighted by molar-refractivity contribution is 5.82. The largest absolute Gasteiger partial charge is 1.00 e. The first kappa shape index (κ1) is 22.6. The molecule has 0 aromatic heterocycles. The van der Waals surface area contributed by atoms with Crippen LogP contribution in [0.1, 0.15) is 37.8 Å². The molecule has 3 nitrogen and oxygen atoms in total. The zero-order valence-electron chi connectivity index (χ0n) is 16.0. The third kappa shape index (κ3) is 5.81. The van der Waals surface area contributed by atoms with Gasteiger partial charge in [0.25, 0.3) is 0 Å². The topological polar surface area (TPSA) is 26.3 Å². The van der Waals surface area contributed by atoms with Crippen molar-refractivity contribution in [2.24, 2.45) is 0 Å². The van der Waals surface area contributed by atoms with Crippen molar-refractivity contribution < 1.29 is 38.0 Å². The van der Waals surface area contributed by atoms with E-state index in [-0.39, 0.29) is 35.9 Å². The molecular weight excluding hydrogens is 437 g/mol. The van der Waals surface area contributed by atoms with Crippen molar-refractivity contribution in [3.63, 3.8) is 0 Å². The third-order valence-corrected chi connectivity index (χ3v) is 5.32. The first-order chi connectivity index (χ1) is 12.2. The SMILES string of the molecule is CC[N+](CC)(CC)CCOC(=O)C(c1ccccc1)c1ccccc1.[I-]. The predicted octanol–water partition coefficient (Wildman–Crippen LogP) is 1.24. The summed E-state index contributed by atoms with van der Waals surface area (Å²) in [6.45, 7) is 11.1. The van der Waals surface area contributed by atoms with Crippen molar-refractivity contribution >= 4 is 5.97 Å². The zero-order valence-corrected chi connectivity index (χ0v) is 18.2. The van der Waals surface area contributed by atoms with Crippen molar-refractivity contribution in [3.05, 3.63) is 71.8 Å². The number of carbonyl (C=O) groups is 1. The Balaban J connectivity index is 0.00000338. The minimum atomic E-state index is -0.367. The fourth-order valence-corrected chi connectivity index (χ4v) is 3.32.